The van der Waals surface area contributed by atoms with Gasteiger partial charge < -0.3 is 24.3 Å². The van der Waals surface area contributed by atoms with Crippen LogP contribution in [-0.2, 0) is 25.4 Å². The van der Waals surface area contributed by atoms with Gasteiger partial charge in [0.05, 0.1) is 25.6 Å². The van der Waals surface area contributed by atoms with Crippen LogP contribution in [0.5, 0.6) is 5.75 Å². The number of nitrogens with two attached hydrogens (primary N) is 1. The topological polar surface area (TPSA) is 143 Å². The van der Waals surface area contributed by atoms with Crippen LogP contribution in [-0.4, -0.2) is 50.6 Å². The van der Waals surface area contributed by atoms with Crippen molar-refractivity contribution >= 4 is 30.5 Å². The zero-order valence-electron chi connectivity index (χ0n) is 18.9. The van der Waals surface area contributed by atoms with E-state index in [9.17, 15) is 9.36 Å². The third-order valence-corrected chi connectivity index (χ3v) is 6.44. The fourth-order valence-corrected chi connectivity index (χ4v) is 4.98. The number of esters is 1. The zero-order chi connectivity index (χ0) is 23.8. The van der Waals surface area contributed by atoms with Crippen molar-refractivity contribution in [2.24, 2.45) is 0 Å². The molecule has 33 heavy (non-hydrogen) atoms. The molecule has 0 bridgehead atoms. The normalized spacial score (nSPS) is 15.0. The summed E-state index contributed by atoms with van der Waals surface area (Å²) >= 11 is 0. The number of nitrogens with one attached hydrogen (secondary N) is 1. The molecular formula is C21H29N6O5P. The largest absolute Gasteiger partial charge is 0.465 e. The molecule has 178 valence electrons. The zero-order valence-corrected chi connectivity index (χ0v) is 19.8. The van der Waals surface area contributed by atoms with Gasteiger partial charge in [0.1, 0.15) is 30.0 Å². The summed E-state index contributed by atoms with van der Waals surface area (Å²) in [5.74, 6) is 0.199. The Kier molecular flexibility index (Phi) is 8.37. The molecule has 0 radical (unpaired) electrons. The summed E-state index contributed by atoms with van der Waals surface area (Å²) in [6.07, 6.45) is 2.70. The van der Waals surface area contributed by atoms with Gasteiger partial charge in [0.15, 0.2) is 11.5 Å². The summed E-state index contributed by atoms with van der Waals surface area (Å²) in [5.41, 5.74) is 6.92. The highest BCUT2D eigenvalue weighted by Crippen LogP contribution is 2.44. The van der Waals surface area contributed by atoms with Gasteiger partial charge in [-0.1, -0.05) is 25.1 Å². The maximum atomic E-state index is 13.7. The van der Waals surface area contributed by atoms with E-state index in [0.717, 1.165) is 0 Å². The molecular weight excluding hydrogens is 447 g/mol. The lowest BCUT2D eigenvalue weighted by Gasteiger charge is -2.26. The monoisotopic (exact) mass is 476 g/mol. The number of aromatic nitrogens is 4. The molecule has 0 saturated carbocycles. The summed E-state index contributed by atoms with van der Waals surface area (Å²) in [4.78, 5) is 24.7. The molecule has 1 aromatic carbocycles. The molecule has 2 aromatic heterocycles. The predicted octanol–water partition coefficient (Wildman–Crippen LogP) is 2.97. The number of anilines is 1. The Morgan fingerprint density at radius 2 is 1.97 bits per heavy atom. The van der Waals surface area contributed by atoms with Crippen molar-refractivity contribution in [1.29, 1.82) is 0 Å². The molecule has 0 fully saturated rings. The summed E-state index contributed by atoms with van der Waals surface area (Å²) in [6, 6.07) is 7.93. The maximum Gasteiger partial charge on any atom is 0.342 e. The van der Waals surface area contributed by atoms with E-state index in [1.165, 1.54) is 6.33 Å². The van der Waals surface area contributed by atoms with E-state index in [1.807, 2.05) is 13.0 Å². The smallest absolute Gasteiger partial charge is 0.342 e. The van der Waals surface area contributed by atoms with Gasteiger partial charge in [-0.05, 0) is 32.4 Å². The Hall–Kier alpha value is -3.01. The number of hydrogen-bond acceptors (Lipinski definition) is 9. The van der Waals surface area contributed by atoms with Crippen molar-refractivity contribution in [3.63, 3.8) is 0 Å². The van der Waals surface area contributed by atoms with E-state index in [1.54, 1.807) is 49.0 Å². The van der Waals surface area contributed by atoms with Gasteiger partial charge in [-0.2, -0.15) is 0 Å². The third-order valence-electron chi connectivity index (χ3n) is 4.74. The highest BCUT2D eigenvalue weighted by Gasteiger charge is 2.33. The minimum absolute atomic E-state index is 0.224. The predicted molar refractivity (Wildman–Crippen MR) is 124 cm³/mol. The lowest BCUT2D eigenvalue weighted by Crippen LogP contribution is -2.38. The lowest BCUT2D eigenvalue weighted by molar-refractivity contribution is -0.145. The molecule has 3 atom stereocenters. The minimum Gasteiger partial charge on any atom is -0.465 e. The molecule has 3 rings (SSSR count). The number of para-hydroxylation sites is 1. The van der Waals surface area contributed by atoms with Crippen LogP contribution in [0.3, 0.4) is 0 Å². The van der Waals surface area contributed by atoms with E-state index >= 15 is 0 Å². The first-order valence-corrected chi connectivity index (χ1v) is 12.5. The van der Waals surface area contributed by atoms with Gasteiger partial charge in [0.25, 0.3) is 0 Å². The second-order valence-electron chi connectivity index (χ2n) is 7.35. The standard InChI is InChI=1S/C21H29N6O5P/c1-4-17(21(28)30-5-2)26-33(29,32-16-9-7-6-8-10-16)14-31-15(3)11-27-13-25-18-19(22)23-12-24-20(18)27/h6-10,12-13,15,17H,4-5,11,14H2,1-3H3,(H,26,29)(H2,22,23,24)/t15-,17+,33+/m1/s1. The molecule has 0 aliphatic carbocycles. The Balaban J connectivity index is 1.72. The lowest BCUT2D eigenvalue weighted by atomic mass is 10.2. The molecule has 0 aliphatic heterocycles. The molecule has 0 aliphatic rings. The number of imidazole rings is 1. The maximum absolute atomic E-state index is 13.7. The number of ether oxygens (including phenoxy) is 2. The average molecular weight is 476 g/mol. The van der Waals surface area contributed by atoms with Crippen LogP contribution in [0.25, 0.3) is 11.2 Å². The van der Waals surface area contributed by atoms with Crippen LogP contribution < -0.4 is 15.3 Å². The van der Waals surface area contributed by atoms with Gasteiger partial charge in [-0.3, -0.25) is 9.36 Å². The Bertz CT molecular complexity index is 1110. The number of nitrogens with zero attached hydrogens (tertiary/aromatic N) is 4. The summed E-state index contributed by atoms with van der Waals surface area (Å²) in [7, 11) is -3.63. The van der Waals surface area contributed by atoms with Crippen molar-refractivity contribution < 1.29 is 23.4 Å². The van der Waals surface area contributed by atoms with E-state index in [2.05, 4.69) is 20.0 Å². The second-order valence-corrected chi connectivity index (χ2v) is 9.40. The molecule has 0 spiro atoms. The Labute approximate surface area is 192 Å². The molecule has 0 saturated heterocycles. The third kappa shape index (κ3) is 6.50. The van der Waals surface area contributed by atoms with Gasteiger partial charge in [0.2, 0.25) is 0 Å². The second kappa shape index (κ2) is 11.2. The van der Waals surface area contributed by atoms with Gasteiger partial charge in [-0.25, -0.2) is 20.0 Å². The van der Waals surface area contributed by atoms with Crippen molar-refractivity contribution in [2.75, 3.05) is 18.7 Å². The molecule has 3 aromatic rings. The fourth-order valence-electron chi connectivity index (χ4n) is 3.12. The van der Waals surface area contributed by atoms with Gasteiger partial charge in [-0.15, -0.1) is 0 Å². The highest BCUT2D eigenvalue weighted by atomic mass is 31.2. The number of carbonyl (C=O) groups excluding carboxylic acids is 1. The van der Waals surface area contributed by atoms with Gasteiger partial charge >= 0.3 is 13.5 Å². The van der Waals surface area contributed by atoms with E-state index < -0.39 is 19.5 Å². The minimum atomic E-state index is -3.63. The van der Waals surface area contributed by atoms with Crippen molar-refractivity contribution in [3.05, 3.63) is 43.0 Å². The van der Waals surface area contributed by atoms with E-state index in [0.29, 0.717) is 35.7 Å². The van der Waals surface area contributed by atoms with Gasteiger partial charge in [0, 0.05) is 0 Å². The molecule has 11 nitrogen and oxygen atoms in total. The summed E-state index contributed by atoms with van der Waals surface area (Å²) in [6.45, 7) is 5.94. The van der Waals surface area contributed by atoms with Crippen molar-refractivity contribution in [3.8, 4) is 5.75 Å². The Morgan fingerprint density at radius 1 is 1.21 bits per heavy atom. The first-order valence-electron chi connectivity index (χ1n) is 10.7. The van der Waals surface area contributed by atoms with Crippen LogP contribution in [0.4, 0.5) is 5.82 Å². The fraction of sp³-hybridized carbons (Fsp3) is 0.429. The first kappa shape index (κ1) is 24.6. The molecule has 2 heterocycles. The highest BCUT2D eigenvalue weighted by molar-refractivity contribution is 7.57. The molecule has 12 heteroatoms. The number of nitrogen functional groups attached to an aromatic ring is 1. The van der Waals surface area contributed by atoms with E-state index in [-0.39, 0.29) is 19.1 Å². The quantitative estimate of drug-likeness (QED) is 0.296. The summed E-state index contributed by atoms with van der Waals surface area (Å²) < 4.78 is 32.2. The SMILES string of the molecule is CCOC(=O)[C@H](CC)N[P@](=O)(CO[C@H](C)Cn1cnc2c(N)ncnc21)Oc1ccccc1. The number of fused-ring (bicyclic) bond motifs is 1. The van der Waals surface area contributed by atoms with Crippen LogP contribution in [0.15, 0.2) is 43.0 Å². The summed E-state index contributed by atoms with van der Waals surface area (Å²) in [5, 5.41) is 2.84. The average Bonchev–Trinajstić information content (AvgIpc) is 3.21. The molecule has 0 amide bonds. The van der Waals surface area contributed by atoms with Crippen LogP contribution in [0.1, 0.15) is 27.2 Å². The van der Waals surface area contributed by atoms with Crippen LogP contribution in [0, 0.1) is 0 Å². The number of benzene rings is 1. The molecule has 3 N–H and O–H groups in total. The number of rotatable bonds is 12. The molecule has 0 unspecified atom stereocenters. The van der Waals surface area contributed by atoms with E-state index in [4.69, 9.17) is 19.7 Å². The Morgan fingerprint density at radius 3 is 2.67 bits per heavy atom. The van der Waals surface area contributed by atoms with Crippen LogP contribution >= 0.6 is 7.52 Å². The first-order chi connectivity index (χ1) is 15.8. The van der Waals surface area contributed by atoms with Crippen LogP contribution in [0.2, 0.25) is 0 Å². The number of carbonyl (C=O) groups is 1. The number of hydrogen-bond donors (Lipinski definition) is 2. The van der Waals surface area contributed by atoms with Crippen molar-refractivity contribution in [1.82, 2.24) is 24.6 Å². The van der Waals surface area contributed by atoms with Crippen molar-refractivity contribution in [2.45, 2.75) is 45.9 Å².